The summed E-state index contributed by atoms with van der Waals surface area (Å²) >= 11 is 1.82. The van der Waals surface area contributed by atoms with E-state index in [1.54, 1.807) is 0 Å². The molecule has 2 aromatic rings. The van der Waals surface area contributed by atoms with Crippen LogP contribution in [0.5, 0.6) is 0 Å². The number of benzene rings is 1. The summed E-state index contributed by atoms with van der Waals surface area (Å²) in [6.07, 6.45) is 1.34. The number of anilines is 1. The molecule has 100 valence electrons. The number of thiophene rings is 1. The Kier molecular flexibility index (Phi) is 4.58. The fourth-order valence-corrected chi connectivity index (χ4v) is 2.82. The highest BCUT2D eigenvalue weighted by Crippen LogP contribution is 2.20. The van der Waals surface area contributed by atoms with Crippen molar-refractivity contribution in [1.82, 2.24) is 0 Å². The topological polar surface area (TPSA) is 55.1 Å². The zero-order valence-electron chi connectivity index (χ0n) is 11.0. The maximum atomic E-state index is 11.0. The van der Waals surface area contributed by atoms with Crippen LogP contribution in [0.2, 0.25) is 0 Å². The van der Waals surface area contributed by atoms with Crippen molar-refractivity contribution in [3.05, 3.63) is 51.7 Å². The predicted octanol–water partition coefficient (Wildman–Crippen LogP) is 2.95. The molecule has 0 saturated carbocycles. The van der Waals surface area contributed by atoms with Crippen molar-refractivity contribution in [1.29, 1.82) is 0 Å². The van der Waals surface area contributed by atoms with Crippen LogP contribution in [-0.2, 0) is 24.2 Å². The molecule has 3 N–H and O–H groups in total. The van der Waals surface area contributed by atoms with Gasteiger partial charge in [-0.15, -0.1) is 11.3 Å². The van der Waals surface area contributed by atoms with Gasteiger partial charge in [0.1, 0.15) is 0 Å². The van der Waals surface area contributed by atoms with Crippen LogP contribution in [0, 0.1) is 0 Å². The molecule has 0 fully saturated rings. The summed E-state index contributed by atoms with van der Waals surface area (Å²) in [5.74, 6) is -0.307. The number of nitrogens with two attached hydrogens (primary N) is 1. The van der Waals surface area contributed by atoms with Crippen molar-refractivity contribution in [2.24, 2.45) is 5.73 Å². The summed E-state index contributed by atoms with van der Waals surface area (Å²) in [6, 6.07) is 12.1. The molecule has 0 unspecified atom stereocenters. The fourth-order valence-electron chi connectivity index (χ4n) is 1.92. The summed E-state index contributed by atoms with van der Waals surface area (Å²) in [5.41, 5.74) is 7.18. The maximum absolute atomic E-state index is 11.0. The minimum atomic E-state index is -0.307. The van der Waals surface area contributed by atoms with Gasteiger partial charge in [0.05, 0.1) is 6.42 Å². The number of primary amides is 1. The highest BCUT2D eigenvalue weighted by Gasteiger charge is 2.05. The Labute approximate surface area is 117 Å². The van der Waals surface area contributed by atoms with E-state index < -0.39 is 0 Å². The first kappa shape index (κ1) is 13.6. The second kappa shape index (κ2) is 6.38. The molecule has 0 spiro atoms. The molecule has 4 heteroatoms. The molecular weight excluding hydrogens is 256 g/mol. The summed E-state index contributed by atoms with van der Waals surface area (Å²) in [5, 5.41) is 3.37. The van der Waals surface area contributed by atoms with Crippen LogP contribution in [0.1, 0.15) is 22.2 Å². The van der Waals surface area contributed by atoms with Crippen LogP contribution < -0.4 is 11.1 Å². The molecule has 1 aromatic heterocycles. The third-order valence-electron chi connectivity index (χ3n) is 2.90. The summed E-state index contributed by atoms with van der Waals surface area (Å²) < 4.78 is 0. The number of nitrogens with one attached hydrogen (secondary N) is 1. The average molecular weight is 274 g/mol. The second-order valence-corrected chi connectivity index (χ2v) is 5.63. The number of carbonyl (C=O) groups is 1. The Bertz CT molecular complexity index is 563. The Morgan fingerprint density at radius 1 is 1.21 bits per heavy atom. The first-order chi connectivity index (χ1) is 9.19. The van der Waals surface area contributed by atoms with Crippen molar-refractivity contribution in [3.63, 3.8) is 0 Å². The summed E-state index contributed by atoms with van der Waals surface area (Å²) in [7, 11) is 0. The van der Waals surface area contributed by atoms with Gasteiger partial charge in [-0.2, -0.15) is 0 Å². The van der Waals surface area contributed by atoms with E-state index in [-0.39, 0.29) is 12.3 Å². The minimum absolute atomic E-state index is 0.272. The van der Waals surface area contributed by atoms with E-state index in [9.17, 15) is 4.79 Å². The molecule has 0 aliphatic heterocycles. The number of hydrogen-bond donors (Lipinski definition) is 2. The fraction of sp³-hybridized carbons (Fsp3) is 0.267. The van der Waals surface area contributed by atoms with Gasteiger partial charge in [0.2, 0.25) is 5.91 Å². The van der Waals surface area contributed by atoms with Crippen LogP contribution >= 0.6 is 11.3 Å². The molecule has 0 atom stereocenters. The normalized spacial score (nSPS) is 10.4. The molecule has 1 amide bonds. The molecule has 3 nitrogen and oxygen atoms in total. The lowest BCUT2D eigenvalue weighted by atomic mass is 10.1. The largest absolute Gasteiger partial charge is 0.380 e. The van der Waals surface area contributed by atoms with E-state index in [2.05, 4.69) is 24.4 Å². The van der Waals surface area contributed by atoms with Crippen LogP contribution in [0.15, 0.2) is 36.4 Å². The van der Waals surface area contributed by atoms with E-state index in [4.69, 9.17) is 5.73 Å². The molecule has 0 radical (unpaired) electrons. The molecule has 19 heavy (non-hydrogen) atoms. The molecule has 1 aromatic carbocycles. The van der Waals surface area contributed by atoms with Crippen molar-refractivity contribution in [2.45, 2.75) is 26.3 Å². The van der Waals surface area contributed by atoms with E-state index in [0.29, 0.717) is 0 Å². The van der Waals surface area contributed by atoms with E-state index >= 15 is 0 Å². The van der Waals surface area contributed by atoms with Crippen LogP contribution in [0.3, 0.4) is 0 Å². The molecule has 0 bridgehead atoms. The molecule has 0 aliphatic rings. The third-order valence-corrected chi connectivity index (χ3v) is 4.13. The quantitative estimate of drug-likeness (QED) is 0.851. The van der Waals surface area contributed by atoms with Gasteiger partial charge in [-0.1, -0.05) is 25.1 Å². The zero-order chi connectivity index (χ0) is 13.7. The van der Waals surface area contributed by atoms with Gasteiger partial charge >= 0.3 is 0 Å². The Balaban J connectivity index is 2.04. The smallest absolute Gasteiger partial charge is 0.221 e. The van der Waals surface area contributed by atoms with Crippen LogP contribution in [0.25, 0.3) is 0 Å². The number of hydrogen-bond acceptors (Lipinski definition) is 3. The highest BCUT2D eigenvalue weighted by molar-refractivity contribution is 7.12. The van der Waals surface area contributed by atoms with Gasteiger partial charge in [-0.05, 0) is 30.2 Å². The van der Waals surface area contributed by atoms with Crippen molar-refractivity contribution in [3.8, 4) is 0 Å². The Hall–Kier alpha value is -1.81. The van der Waals surface area contributed by atoms with Gasteiger partial charge in [-0.25, -0.2) is 0 Å². The van der Waals surface area contributed by atoms with E-state index in [1.807, 2.05) is 35.6 Å². The van der Waals surface area contributed by atoms with Gasteiger partial charge in [-0.3, -0.25) is 4.79 Å². The molecule has 1 heterocycles. The lowest BCUT2D eigenvalue weighted by Gasteiger charge is -2.10. The average Bonchev–Trinajstić information content (AvgIpc) is 2.85. The highest BCUT2D eigenvalue weighted by atomic mass is 32.1. The third kappa shape index (κ3) is 3.83. The molecule has 2 rings (SSSR count). The van der Waals surface area contributed by atoms with E-state index in [1.165, 1.54) is 9.75 Å². The number of para-hydroxylation sites is 1. The summed E-state index contributed by atoms with van der Waals surface area (Å²) in [6.45, 7) is 2.94. The van der Waals surface area contributed by atoms with Crippen LogP contribution in [-0.4, -0.2) is 5.91 Å². The Morgan fingerprint density at radius 2 is 1.95 bits per heavy atom. The van der Waals surface area contributed by atoms with E-state index in [0.717, 1.165) is 24.2 Å². The Morgan fingerprint density at radius 3 is 2.63 bits per heavy atom. The van der Waals surface area contributed by atoms with Crippen molar-refractivity contribution < 1.29 is 4.79 Å². The number of aryl methyl sites for hydroxylation is 1. The SMILES string of the molecule is CCc1ccc(CNc2ccccc2CC(N)=O)s1. The van der Waals surface area contributed by atoms with Gasteiger partial charge in [0.15, 0.2) is 0 Å². The van der Waals surface area contributed by atoms with Crippen molar-refractivity contribution in [2.75, 3.05) is 5.32 Å². The predicted molar refractivity (Wildman–Crippen MR) is 80.4 cm³/mol. The molecule has 0 aliphatic carbocycles. The first-order valence-corrected chi connectivity index (χ1v) is 7.18. The molecular formula is C15H18N2OS. The monoisotopic (exact) mass is 274 g/mol. The number of rotatable bonds is 6. The lowest BCUT2D eigenvalue weighted by Crippen LogP contribution is -2.15. The first-order valence-electron chi connectivity index (χ1n) is 6.36. The standard InChI is InChI=1S/C15H18N2OS/c1-2-12-7-8-13(19-12)10-17-14-6-4-3-5-11(14)9-15(16)18/h3-8,17H,2,9-10H2,1H3,(H2,16,18). The zero-order valence-corrected chi connectivity index (χ0v) is 11.8. The van der Waals surface area contributed by atoms with Gasteiger partial charge in [0.25, 0.3) is 0 Å². The minimum Gasteiger partial charge on any atom is -0.380 e. The number of amides is 1. The lowest BCUT2D eigenvalue weighted by molar-refractivity contribution is -0.117. The summed E-state index contributed by atoms with van der Waals surface area (Å²) in [4.78, 5) is 13.7. The van der Waals surface area contributed by atoms with Gasteiger partial charge in [0, 0.05) is 22.0 Å². The van der Waals surface area contributed by atoms with Crippen molar-refractivity contribution >= 4 is 22.9 Å². The second-order valence-electron chi connectivity index (χ2n) is 4.38. The molecule has 0 saturated heterocycles. The van der Waals surface area contributed by atoms with Gasteiger partial charge < -0.3 is 11.1 Å². The van der Waals surface area contributed by atoms with Crippen LogP contribution in [0.4, 0.5) is 5.69 Å². The number of carbonyl (C=O) groups excluding carboxylic acids is 1. The maximum Gasteiger partial charge on any atom is 0.221 e.